The first-order chi connectivity index (χ1) is 18.0. The molecule has 1 aromatic heterocycles. The third-order valence-corrected chi connectivity index (χ3v) is 5.54. The fraction of sp³-hybridized carbons (Fsp3) is 0.280. The number of halogens is 4. The number of amides is 2. The average molecular weight is 534 g/mol. The van der Waals surface area contributed by atoms with Gasteiger partial charge in [0.2, 0.25) is 5.91 Å². The highest BCUT2D eigenvalue weighted by Crippen LogP contribution is 2.37. The SMILES string of the molecule is C=C(N=C/C(=C\N)C(=O)NC1(C(=O)NCc2ccc(Nc3ccc(F)cc3C(F)(F)F)cn2)CC1)NCC. The maximum atomic E-state index is 13.3. The van der Waals surface area contributed by atoms with Crippen molar-refractivity contribution in [3.05, 3.63) is 77.8 Å². The van der Waals surface area contributed by atoms with E-state index in [-0.39, 0.29) is 23.5 Å². The quantitative estimate of drug-likeness (QED) is 0.171. The Morgan fingerprint density at radius 2 is 1.95 bits per heavy atom. The largest absolute Gasteiger partial charge is 0.418 e. The molecule has 0 saturated heterocycles. The van der Waals surface area contributed by atoms with Crippen LogP contribution in [0.5, 0.6) is 0 Å². The summed E-state index contributed by atoms with van der Waals surface area (Å²) < 4.78 is 52.9. The minimum Gasteiger partial charge on any atom is -0.404 e. The number of aliphatic imine (C=N–C) groups is 1. The Morgan fingerprint density at radius 1 is 1.21 bits per heavy atom. The molecule has 9 nitrogen and oxygen atoms in total. The minimum absolute atomic E-state index is 0.0185. The molecule has 3 rings (SSSR count). The highest BCUT2D eigenvalue weighted by atomic mass is 19.4. The zero-order chi connectivity index (χ0) is 27.9. The van der Waals surface area contributed by atoms with E-state index in [9.17, 15) is 27.2 Å². The lowest BCUT2D eigenvalue weighted by molar-refractivity contribution is -0.137. The number of benzene rings is 1. The summed E-state index contributed by atoms with van der Waals surface area (Å²) >= 11 is 0. The lowest BCUT2D eigenvalue weighted by Gasteiger charge is -2.17. The Kier molecular flexibility index (Phi) is 8.71. The molecule has 0 atom stereocenters. The number of pyridine rings is 1. The Morgan fingerprint density at radius 3 is 2.53 bits per heavy atom. The van der Waals surface area contributed by atoms with Crippen LogP contribution in [0.15, 0.2) is 65.7 Å². The summed E-state index contributed by atoms with van der Waals surface area (Å²) in [4.78, 5) is 33.5. The molecule has 1 aromatic carbocycles. The van der Waals surface area contributed by atoms with Gasteiger partial charge in [-0.1, -0.05) is 6.58 Å². The Hall–Kier alpha value is -4.42. The van der Waals surface area contributed by atoms with E-state index in [4.69, 9.17) is 5.73 Å². The van der Waals surface area contributed by atoms with Gasteiger partial charge < -0.3 is 27.0 Å². The first-order valence-electron chi connectivity index (χ1n) is 11.6. The predicted molar refractivity (Wildman–Crippen MR) is 134 cm³/mol. The predicted octanol–water partition coefficient (Wildman–Crippen LogP) is 3.24. The van der Waals surface area contributed by atoms with Gasteiger partial charge in [0.25, 0.3) is 5.91 Å². The van der Waals surface area contributed by atoms with Crippen LogP contribution in [-0.2, 0) is 22.3 Å². The van der Waals surface area contributed by atoms with Crippen molar-refractivity contribution in [1.29, 1.82) is 0 Å². The van der Waals surface area contributed by atoms with Crippen LogP contribution in [0.2, 0.25) is 0 Å². The summed E-state index contributed by atoms with van der Waals surface area (Å²) in [6.07, 6.45) is -0.270. The van der Waals surface area contributed by atoms with Gasteiger partial charge in [-0.15, -0.1) is 0 Å². The number of rotatable bonds is 11. The number of hydrogen-bond donors (Lipinski definition) is 5. The van der Waals surface area contributed by atoms with Crippen LogP contribution in [0.25, 0.3) is 0 Å². The fourth-order valence-electron chi connectivity index (χ4n) is 3.36. The van der Waals surface area contributed by atoms with Crippen molar-refractivity contribution >= 4 is 29.4 Å². The monoisotopic (exact) mass is 533 g/mol. The fourth-order valence-corrected chi connectivity index (χ4v) is 3.36. The second kappa shape index (κ2) is 11.8. The van der Waals surface area contributed by atoms with E-state index in [0.717, 1.165) is 18.3 Å². The van der Waals surface area contributed by atoms with Crippen LogP contribution in [0, 0.1) is 5.82 Å². The van der Waals surface area contributed by atoms with Gasteiger partial charge in [-0.3, -0.25) is 14.6 Å². The molecule has 0 radical (unpaired) electrons. The minimum atomic E-state index is -4.75. The van der Waals surface area contributed by atoms with E-state index in [1.165, 1.54) is 24.5 Å². The molecule has 2 aromatic rings. The summed E-state index contributed by atoms with van der Waals surface area (Å²) in [7, 11) is 0. The van der Waals surface area contributed by atoms with E-state index < -0.39 is 34.9 Å². The summed E-state index contributed by atoms with van der Waals surface area (Å²) in [5.41, 5.74) is 3.70. The lowest BCUT2D eigenvalue weighted by atomic mass is 10.1. The number of carbonyl (C=O) groups excluding carboxylic acids is 2. The van der Waals surface area contributed by atoms with Gasteiger partial charge in [-0.25, -0.2) is 9.38 Å². The summed E-state index contributed by atoms with van der Waals surface area (Å²) in [6.45, 7) is 6.17. The average Bonchev–Trinajstić information content (AvgIpc) is 3.65. The van der Waals surface area contributed by atoms with Crippen LogP contribution in [0.3, 0.4) is 0 Å². The number of alkyl halides is 3. The first kappa shape index (κ1) is 28.2. The van der Waals surface area contributed by atoms with Gasteiger partial charge in [-0.2, -0.15) is 13.2 Å². The molecule has 0 spiro atoms. The van der Waals surface area contributed by atoms with Crippen LogP contribution < -0.4 is 27.0 Å². The molecule has 1 saturated carbocycles. The zero-order valence-corrected chi connectivity index (χ0v) is 20.5. The van der Waals surface area contributed by atoms with Gasteiger partial charge >= 0.3 is 6.18 Å². The standard InChI is InChI=1S/C25H27F4N7O2/c1-3-31-15(2)32-12-16(11-30)22(37)36-24(8-9-24)23(38)34-13-18-5-6-19(14-33-18)35-21-7-4-17(26)10-20(21)25(27,28)29/h4-7,10-12,14,31,35H,2-3,8-9,13,30H2,1H3,(H,34,38)(H,36,37)/b16-11+,32-12?. The van der Waals surface area contributed by atoms with Gasteiger partial charge in [0.1, 0.15) is 17.2 Å². The van der Waals surface area contributed by atoms with Crippen molar-refractivity contribution < 1.29 is 27.2 Å². The number of anilines is 2. The first-order valence-corrected chi connectivity index (χ1v) is 11.6. The molecule has 1 aliphatic rings. The van der Waals surface area contributed by atoms with E-state index in [2.05, 4.69) is 37.8 Å². The second-order valence-electron chi connectivity index (χ2n) is 8.43. The second-order valence-corrected chi connectivity index (χ2v) is 8.43. The number of nitrogens with one attached hydrogen (secondary N) is 4. The number of carbonyl (C=O) groups is 2. The lowest BCUT2D eigenvalue weighted by Crippen LogP contribution is -2.49. The van der Waals surface area contributed by atoms with Crippen LogP contribution in [-0.4, -0.2) is 35.1 Å². The van der Waals surface area contributed by atoms with Crippen molar-refractivity contribution in [2.75, 3.05) is 11.9 Å². The van der Waals surface area contributed by atoms with Crippen LogP contribution >= 0.6 is 0 Å². The molecule has 1 fully saturated rings. The normalized spacial score (nSPS) is 14.6. The maximum absolute atomic E-state index is 13.3. The topological polar surface area (TPSA) is 134 Å². The molecule has 0 unspecified atom stereocenters. The molecule has 1 aliphatic carbocycles. The molecular weight excluding hydrogens is 506 g/mol. The summed E-state index contributed by atoms with van der Waals surface area (Å²) in [5.74, 6) is -1.64. The summed E-state index contributed by atoms with van der Waals surface area (Å²) in [6, 6.07) is 5.31. The molecule has 6 N–H and O–H groups in total. The molecule has 13 heteroatoms. The maximum Gasteiger partial charge on any atom is 0.418 e. The highest BCUT2D eigenvalue weighted by Gasteiger charge is 2.51. The van der Waals surface area contributed by atoms with Gasteiger partial charge in [0.15, 0.2) is 0 Å². The zero-order valence-electron chi connectivity index (χ0n) is 20.5. The third kappa shape index (κ3) is 7.31. The van der Waals surface area contributed by atoms with Crippen molar-refractivity contribution in [2.45, 2.75) is 38.0 Å². The van der Waals surface area contributed by atoms with E-state index >= 15 is 0 Å². The molecule has 2 amide bonds. The summed E-state index contributed by atoms with van der Waals surface area (Å²) in [5, 5.41) is 10.8. The molecule has 38 heavy (non-hydrogen) atoms. The Balaban J connectivity index is 1.57. The molecular formula is C25H27F4N7O2. The van der Waals surface area contributed by atoms with E-state index in [1.807, 2.05) is 6.92 Å². The highest BCUT2D eigenvalue weighted by molar-refractivity contribution is 6.13. The van der Waals surface area contributed by atoms with Crippen molar-refractivity contribution in [3.8, 4) is 0 Å². The number of hydrogen-bond acceptors (Lipinski definition) is 7. The molecule has 0 bridgehead atoms. The molecule has 0 aliphatic heterocycles. The van der Waals surface area contributed by atoms with E-state index in [1.54, 1.807) is 0 Å². The van der Waals surface area contributed by atoms with Crippen LogP contribution in [0.4, 0.5) is 28.9 Å². The Bertz CT molecular complexity index is 1250. The number of nitrogens with two attached hydrogens (primary N) is 1. The molecule has 1 heterocycles. The van der Waals surface area contributed by atoms with Crippen molar-refractivity contribution in [1.82, 2.24) is 20.9 Å². The number of nitrogens with zero attached hydrogens (tertiary/aromatic N) is 2. The van der Waals surface area contributed by atoms with Gasteiger partial charge in [0, 0.05) is 19.0 Å². The molecule has 202 valence electrons. The number of aromatic nitrogens is 1. The third-order valence-electron chi connectivity index (χ3n) is 5.54. The van der Waals surface area contributed by atoms with Crippen molar-refractivity contribution in [3.63, 3.8) is 0 Å². The van der Waals surface area contributed by atoms with Crippen molar-refractivity contribution in [2.24, 2.45) is 10.7 Å². The Labute approximate surface area is 216 Å². The van der Waals surface area contributed by atoms with Gasteiger partial charge in [-0.05, 0) is 50.1 Å². The van der Waals surface area contributed by atoms with Gasteiger partial charge in [0.05, 0.1) is 40.9 Å². The van der Waals surface area contributed by atoms with Crippen LogP contribution in [0.1, 0.15) is 31.0 Å². The smallest absolute Gasteiger partial charge is 0.404 e. The van der Waals surface area contributed by atoms with E-state index in [0.29, 0.717) is 37.0 Å².